The number of rotatable bonds is 4. The molecule has 2 aromatic rings. The lowest BCUT2D eigenvalue weighted by Crippen LogP contribution is -2.39. The molecule has 2 saturated heterocycles. The zero-order valence-corrected chi connectivity index (χ0v) is 15.6. The highest BCUT2D eigenvalue weighted by atomic mass is 19.1. The number of nitrogens with one attached hydrogen (secondary N) is 1. The Morgan fingerprint density at radius 2 is 1.67 bits per heavy atom. The molecule has 1 N–H and O–H groups in total. The average Bonchev–Trinajstić information content (AvgIpc) is 3.03. The first-order valence-corrected chi connectivity index (χ1v) is 9.50. The molecule has 2 fully saturated rings. The molecule has 0 spiro atoms. The number of nitrogens with zero attached hydrogens (tertiary/aromatic N) is 3. The highest BCUT2D eigenvalue weighted by molar-refractivity contribution is 5.94. The lowest BCUT2D eigenvalue weighted by Gasteiger charge is -2.34. The minimum atomic E-state index is -0.210. The fourth-order valence-corrected chi connectivity index (χ4v) is 3.81. The van der Waals surface area contributed by atoms with Gasteiger partial charge in [0.2, 0.25) is 0 Å². The smallest absolute Gasteiger partial charge is 0.324 e. The first-order chi connectivity index (χ1) is 13.1. The molecular formula is C21H25FN4O. The minimum Gasteiger partial charge on any atom is -0.382 e. The van der Waals surface area contributed by atoms with E-state index in [1.165, 1.54) is 12.1 Å². The highest BCUT2D eigenvalue weighted by Gasteiger charge is 2.27. The Morgan fingerprint density at radius 1 is 0.963 bits per heavy atom. The quantitative estimate of drug-likeness (QED) is 0.893. The van der Waals surface area contributed by atoms with Gasteiger partial charge in [0, 0.05) is 56.3 Å². The van der Waals surface area contributed by atoms with Crippen LogP contribution in [0.4, 0.5) is 26.2 Å². The van der Waals surface area contributed by atoms with E-state index in [9.17, 15) is 9.18 Å². The van der Waals surface area contributed by atoms with Crippen LogP contribution in [-0.2, 0) is 0 Å². The molecule has 0 unspecified atom stereocenters. The standard InChI is InChI=1S/C21H25FN4O/c1-24-13-14-26(21(24)27)20-4-2-3-19(15-20)25-11-9-18(10-12-25)23-17-7-5-16(22)6-8-17/h2-8,15,18,23H,9-14H2,1H3. The Kier molecular flexibility index (Phi) is 4.88. The molecule has 0 atom stereocenters. The van der Waals surface area contributed by atoms with Crippen molar-refractivity contribution in [3.05, 3.63) is 54.3 Å². The van der Waals surface area contributed by atoms with Crippen LogP contribution in [0.5, 0.6) is 0 Å². The number of carbonyl (C=O) groups excluding carboxylic acids is 1. The van der Waals surface area contributed by atoms with E-state index in [4.69, 9.17) is 0 Å². The Hall–Kier alpha value is -2.76. The summed E-state index contributed by atoms with van der Waals surface area (Å²) in [4.78, 5) is 18.2. The highest BCUT2D eigenvalue weighted by Crippen LogP contribution is 2.28. The number of hydrogen-bond donors (Lipinski definition) is 1. The van der Waals surface area contributed by atoms with Crippen molar-refractivity contribution >= 4 is 23.1 Å². The number of hydrogen-bond acceptors (Lipinski definition) is 3. The SMILES string of the molecule is CN1CCN(c2cccc(N3CCC(Nc4ccc(F)cc4)CC3)c2)C1=O. The van der Waals surface area contributed by atoms with Crippen LogP contribution in [0.2, 0.25) is 0 Å². The lowest BCUT2D eigenvalue weighted by molar-refractivity contribution is 0.229. The van der Waals surface area contributed by atoms with E-state index in [-0.39, 0.29) is 11.8 Å². The van der Waals surface area contributed by atoms with E-state index in [0.29, 0.717) is 6.04 Å². The van der Waals surface area contributed by atoms with Crippen LogP contribution >= 0.6 is 0 Å². The van der Waals surface area contributed by atoms with Crippen LogP contribution in [0.3, 0.4) is 0 Å². The maximum Gasteiger partial charge on any atom is 0.324 e. The van der Waals surface area contributed by atoms with Crippen LogP contribution in [0.25, 0.3) is 0 Å². The number of anilines is 3. The number of carbonyl (C=O) groups is 1. The Labute approximate surface area is 159 Å². The molecule has 2 aromatic carbocycles. The molecule has 0 saturated carbocycles. The van der Waals surface area contributed by atoms with Crippen molar-refractivity contribution in [1.29, 1.82) is 0 Å². The third kappa shape index (κ3) is 3.84. The van der Waals surface area contributed by atoms with Gasteiger partial charge in [-0.3, -0.25) is 4.90 Å². The molecule has 142 valence electrons. The maximum atomic E-state index is 13.0. The average molecular weight is 368 g/mol. The van der Waals surface area contributed by atoms with Gasteiger partial charge in [-0.2, -0.15) is 0 Å². The summed E-state index contributed by atoms with van der Waals surface area (Å²) in [6.07, 6.45) is 2.04. The molecule has 27 heavy (non-hydrogen) atoms. The van der Waals surface area contributed by atoms with Crippen molar-refractivity contribution in [3.63, 3.8) is 0 Å². The molecule has 2 aliphatic rings. The van der Waals surface area contributed by atoms with E-state index in [2.05, 4.69) is 22.3 Å². The second-order valence-corrected chi connectivity index (χ2v) is 7.29. The normalized spacial score (nSPS) is 18.3. The fourth-order valence-electron chi connectivity index (χ4n) is 3.81. The molecule has 0 aromatic heterocycles. The largest absolute Gasteiger partial charge is 0.382 e. The second kappa shape index (κ2) is 7.47. The molecule has 0 bridgehead atoms. The predicted octanol–water partition coefficient (Wildman–Crippen LogP) is 3.78. The fraction of sp³-hybridized carbons (Fsp3) is 0.381. The van der Waals surface area contributed by atoms with Gasteiger partial charge in [0.15, 0.2) is 0 Å². The van der Waals surface area contributed by atoms with Gasteiger partial charge in [0.25, 0.3) is 0 Å². The van der Waals surface area contributed by atoms with Crippen molar-refractivity contribution in [2.24, 2.45) is 0 Å². The van der Waals surface area contributed by atoms with Gasteiger partial charge in [-0.25, -0.2) is 9.18 Å². The van der Waals surface area contributed by atoms with Crippen molar-refractivity contribution in [2.45, 2.75) is 18.9 Å². The third-order valence-electron chi connectivity index (χ3n) is 5.43. The third-order valence-corrected chi connectivity index (χ3v) is 5.43. The second-order valence-electron chi connectivity index (χ2n) is 7.29. The van der Waals surface area contributed by atoms with Crippen LogP contribution < -0.4 is 15.1 Å². The number of likely N-dealkylation sites (N-methyl/N-ethyl adjacent to an activating group) is 1. The van der Waals surface area contributed by atoms with Crippen LogP contribution in [-0.4, -0.2) is 50.2 Å². The summed E-state index contributed by atoms with van der Waals surface area (Å²) in [5, 5.41) is 3.50. The van der Waals surface area contributed by atoms with Gasteiger partial charge >= 0.3 is 6.03 Å². The van der Waals surface area contributed by atoms with Gasteiger partial charge in [0.05, 0.1) is 0 Å². The van der Waals surface area contributed by atoms with Gasteiger partial charge in [-0.15, -0.1) is 0 Å². The molecule has 0 radical (unpaired) electrons. The van der Waals surface area contributed by atoms with E-state index >= 15 is 0 Å². The van der Waals surface area contributed by atoms with Gasteiger partial charge in [-0.1, -0.05) is 6.07 Å². The molecule has 4 rings (SSSR count). The summed E-state index contributed by atoms with van der Waals surface area (Å²) >= 11 is 0. The molecule has 2 heterocycles. The van der Waals surface area contributed by atoms with Crippen molar-refractivity contribution < 1.29 is 9.18 Å². The summed E-state index contributed by atoms with van der Waals surface area (Å²) in [6.45, 7) is 3.41. The number of halogens is 1. The minimum absolute atomic E-state index is 0.0642. The number of benzene rings is 2. The van der Waals surface area contributed by atoms with E-state index in [1.807, 2.05) is 24.1 Å². The number of amides is 2. The Morgan fingerprint density at radius 3 is 2.33 bits per heavy atom. The molecule has 6 heteroatoms. The monoisotopic (exact) mass is 368 g/mol. The van der Waals surface area contributed by atoms with Gasteiger partial charge in [-0.05, 0) is 55.3 Å². The summed E-state index contributed by atoms with van der Waals surface area (Å²) < 4.78 is 13.0. The molecule has 2 aliphatic heterocycles. The first-order valence-electron chi connectivity index (χ1n) is 9.50. The zero-order valence-electron chi connectivity index (χ0n) is 15.6. The van der Waals surface area contributed by atoms with Gasteiger partial charge < -0.3 is 15.1 Å². The van der Waals surface area contributed by atoms with Gasteiger partial charge in [0.1, 0.15) is 5.82 Å². The molecule has 2 amide bonds. The number of piperidine rings is 1. The lowest BCUT2D eigenvalue weighted by atomic mass is 10.0. The topological polar surface area (TPSA) is 38.8 Å². The zero-order chi connectivity index (χ0) is 18.8. The van der Waals surface area contributed by atoms with E-state index in [1.54, 1.807) is 17.0 Å². The predicted molar refractivity (Wildman–Crippen MR) is 107 cm³/mol. The summed E-state index contributed by atoms with van der Waals surface area (Å²) in [5.74, 6) is -0.210. The van der Waals surface area contributed by atoms with Crippen molar-refractivity contribution in [3.8, 4) is 0 Å². The Balaban J connectivity index is 1.37. The summed E-state index contributed by atoms with van der Waals surface area (Å²) in [7, 11) is 1.84. The molecule has 5 nitrogen and oxygen atoms in total. The van der Waals surface area contributed by atoms with Crippen LogP contribution in [0.15, 0.2) is 48.5 Å². The van der Waals surface area contributed by atoms with E-state index < -0.39 is 0 Å². The maximum absolute atomic E-state index is 13.0. The van der Waals surface area contributed by atoms with E-state index in [0.717, 1.165) is 56.1 Å². The summed E-state index contributed by atoms with van der Waals surface area (Å²) in [6, 6.07) is 15.3. The van der Waals surface area contributed by atoms with Crippen molar-refractivity contribution in [2.75, 3.05) is 48.3 Å². The Bertz CT molecular complexity index is 802. The molecular weight excluding hydrogens is 343 g/mol. The first kappa shape index (κ1) is 17.6. The number of urea groups is 1. The van der Waals surface area contributed by atoms with Crippen LogP contribution in [0, 0.1) is 5.82 Å². The summed E-state index contributed by atoms with van der Waals surface area (Å²) in [5.41, 5.74) is 3.09. The molecule has 0 aliphatic carbocycles. The van der Waals surface area contributed by atoms with Crippen molar-refractivity contribution in [1.82, 2.24) is 4.90 Å². The van der Waals surface area contributed by atoms with Crippen LogP contribution in [0.1, 0.15) is 12.8 Å².